The predicted molar refractivity (Wildman–Crippen MR) is 131 cm³/mol. The van der Waals surface area contributed by atoms with Gasteiger partial charge < -0.3 is 16.0 Å². The Morgan fingerprint density at radius 1 is 1.26 bits per heavy atom. The van der Waals surface area contributed by atoms with Crippen molar-refractivity contribution in [3.05, 3.63) is 82.3 Å². The van der Waals surface area contributed by atoms with E-state index in [1.807, 2.05) is 19.1 Å². The fourth-order valence-electron chi connectivity index (χ4n) is 4.23. The van der Waals surface area contributed by atoms with Gasteiger partial charge in [-0.3, -0.25) is 9.59 Å². The van der Waals surface area contributed by atoms with Crippen LogP contribution in [-0.4, -0.2) is 35.3 Å². The second kappa shape index (κ2) is 9.81. The second-order valence-corrected chi connectivity index (χ2v) is 9.09. The molecule has 8 heteroatoms. The molecule has 0 aliphatic carbocycles. The number of likely N-dealkylation sites (N-methyl/N-ethyl adjacent to an activating group) is 1. The molecule has 2 unspecified atom stereocenters. The van der Waals surface area contributed by atoms with Crippen LogP contribution in [0.15, 0.2) is 54.7 Å². The Bertz CT molecular complexity index is 1250. The number of carbonyl (C=O) groups is 2. The summed E-state index contributed by atoms with van der Waals surface area (Å²) < 4.78 is 15.0. The van der Waals surface area contributed by atoms with Gasteiger partial charge in [0, 0.05) is 42.7 Å². The van der Waals surface area contributed by atoms with Crippen LogP contribution in [0.1, 0.15) is 53.2 Å². The maximum atomic E-state index is 15.0. The number of hydrogen-bond donors (Lipinski definition) is 2. The first kappa shape index (κ1) is 23.7. The molecule has 176 valence electrons. The Labute approximate surface area is 202 Å². The Balaban J connectivity index is 1.55. The first-order chi connectivity index (χ1) is 16.2. The molecular weight excluding hydrogens is 455 g/mol. The van der Waals surface area contributed by atoms with Crippen molar-refractivity contribution in [2.45, 2.75) is 31.7 Å². The topological polar surface area (TPSA) is 88.3 Å². The average molecular weight is 481 g/mol. The fraction of sp³-hybridized carbons (Fsp3) is 0.269. The van der Waals surface area contributed by atoms with Crippen molar-refractivity contribution in [2.24, 2.45) is 0 Å². The fourth-order valence-corrected chi connectivity index (χ4v) is 4.43. The van der Waals surface area contributed by atoms with Crippen molar-refractivity contribution >= 4 is 29.2 Å². The van der Waals surface area contributed by atoms with Crippen LogP contribution in [0.2, 0.25) is 5.02 Å². The summed E-state index contributed by atoms with van der Waals surface area (Å²) in [5.41, 5.74) is 8.93. The van der Waals surface area contributed by atoms with Gasteiger partial charge in [-0.15, -0.1) is 0 Å². The normalized spacial score (nSPS) is 16.9. The van der Waals surface area contributed by atoms with Crippen LogP contribution >= 0.6 is 11.6 Å². The summed E-state index contributed by atoms with van der Waals surface area (Å²) in [6.07, 6.45) is 2.92. The minimum absolute atomic E-state index is 0.0623. The van der Waals surface area contributed by atoms with E-state index < -0.39 is 11.7 Å². The Morgan fingerprint density at radius 3 is 2.76 bits per heavy atom. The number of likely N-dealkylation sites (tertiary alicyclic amines) is 1. The molecule has 34 heavy (non-hydrogen) atoms. The summed E-state index contributed by atoms with van der Waals surface area (Å²) in [6.45, 7) is 2.41. The van der Waals surface area contributed by atoms with Crippen molar-refractivity contribution < 1.29 is 14.0 Å². The van der Waals surface area contributed by atoms with E-state index in [4.69, 9.17) is 17.3 Å². The van der Waals surface area contributed by atoms with Gasteiger partial charge in [0.1, 0.15) is 11.6 Å². The number of pyridine rings is 1. The monoisotopic (exact) mass is 480 g/mol. The number of nitrogens with zero attached hydrogens (tertiary/aromatic N) is 2. The molecule has 1 aliphatic rings. The first-order valence-corrected chi connectivity index (χ1v) is 11.5. The van der Waals surface area contributed by atoms with Gasteiger partial charge >= 0.3 is 0 Å². The lowest BCUT2D eigenvalue weighted by atomic mass is 9.90. The number of piperidine rings is 1. The van der Waals surface area contributed by atoms with Crippen molar-refractivity contribution in [2.75, 3.05) is 19.3 Å². The zero-order valence-corrected chi connectivity index (χ0v) is 19.8. The number of hydrogen-bond acceptors (Lipinski definition) is 4. The highest BCUT2D eigenvalue weighted by atomic mass is 35.5. The van der Waals surface area contributed by atoms with Crippen molar-refractivity contribution in [1.82, 2.24) is 15.2 Å². The highest BCUT2D eigenvalue weighted by Gasteiger charge is 2.25. The summed E-state index contributed by atoms with van der Waals surface area (Å²) in [4.78, 5) is 30.5. The zero-order chi connectivity index (χ0) is 24.4. The van der Waals surface area contributed by atoms with Crippen LogP contribution in [0.4, 0.5) is 10.2 Å². The molecule has 1 saturated heterocycles. The van der Waals surface area contributed by atoms with E-state index in [1.54, 1.807) is 42.4 Å². The van der Waals surface area contributed by atoms with Crippen LogP contribution in [0.25, 0.3) is 11.1 Å². The lowest BCUT2D eigenvalue weighted by Gasteiger charge is -2.30. The standard InChI is InChI=1S/C26H26ClFN4O2/c1-15(16-4-3-5-20(27)10-16)31-26(34)21-8-6-17(12-23(21)28)22-11-19(13-30-25(22)29)18-7-9-24(33)32(2)14-18/h3-6,8,10-13,15,18H,7,9,14H2,1-2H3,(H2,29,30)(H,31,34). The van der Waals surface area contributed by atoms with E-state index in [0.29, 0.717) is 29.1 Å². The number of benzene rings is 2. The van der Waals surface area contributed by atoms with Crippen LogP contribution in [0.3, 0.4) is 0 Å². The first-order valence-electron chi connectivity index (χ1n) is 11.1. The number of nitrogen functional groups attached to an aromatic ring is 1. The van der Waals surface area contributed by atoms with Crippen LogP contribution in [0.5, 0.6) is 0 Å². The number of rotatable bonds is 5. The number of nitrogens with two attached hydrogens (primary N) is 1. The van der Waals surface area contributed by atoms with Gasteiger partial charge in [0.25, 0.3) is 5.91 Å². The number of amides is 2. The highest BCUT2D eigenvalue weighted by molar-refractivity contribution is 6.30. The van der Waals surface area contributed by atoms with Crippen LogP contribution in [-0.2, 0) is 4.79 Å². The van der Waals surface area contributed by atoms with Gasteiger partial charge in [-0.05, 0) is 60.4 Å². The maximum absolute atomic E-state index is 15.0. The molecule has 4 rings (SSSR count). The maximum Gasteiger partial charge on any atom is 0.254 e. The van der Waals surface area contributed by atoms with Crippen LogP contribution in [0, 0.1) is 5.82 Å². The Hall–Kier alpha value is -3.45. The molecule has 0 radical (unpaired) electrons. The smallest absolute Gasteiger partial charge is 0.254 e. The van der Waals surface area contributed by atoms with E-state index in [1.165, 1.54) is 12.1 Å². The van der Waals surface area contributed by atoms with Gasteiger partial charge in [-0.25, -0.2) is 9.37 Å². The van der Waals surface area contributed by atoms with Crippen LogP contribution < -0.4 is 11.1 Å². The number of nitrogens with one attached hydrogen (secondary N) is 1. The Morgan fingerprint density at radius 2 is 2.06 bits per heavy atom. The third-order valence-corrected chi connectivity index (χ3v) is 6.49. The molecule has 3 N–H and O–H groups in total. The molecule has 0 spiro atoms. The van der Waals surface area contributed by atoms with E-state index in [2.05, 4.69) is 10.3 Å². The van der Waals surface area contributed by atoms with E-state index in [-0.39, 0.29) is 29.2 Å². The molecule has 3 aromatic rings. The summed E-state index contributed by atoms with van der Waals surface area (Å²) in [6, 6.07) is 13.1. The van der Waals surface area contributed by atoms with E-state index in [9.17, 15) is 14.0 Å². The number of anilines is 1. The second-order valence-electron chi connectivity index (χ2n) is 8.66. The molecule has 2 aromatic carbocycles. The lowest BCUT2D eigenvalue weighted by Crippen LogP contribution is -2.35. The quantitative estimate of drug-likeness (QED) is 0.540. The number of aromatic nitrogens is 1. The molecule has 2 amide bonds. The molecule has 0 saturated carbocycles. The number of halogens is 2. The van der Waals surface area contributed by atoms with Crippen molar-refractivity contribution in [3.8, 4) is 11.1 Å². The average Bonchev–Trinajstić information content (AvgIpc) is 2.81. The third-order valence-electron chi connectivity index (χ3n) is 6.26. The summed E-state index contributed by atoms with van der Waals surface area (Å²) in [5, 5.41) is 3.37. The van der Waals surface area contributed by atoms with Gasteiger partial charge in [0.05, 0.1) is 11.6 Å². The molecule has 1 fully saturated rings. The van der Waals surface area contributed by atoms with Gasteiger partial charge in [0.15, 0.2) is 0 Å². The van der Waals surface area contributed by atoms with E-state index >= 15 is 0 Å². The van der Waals surface area contributed by atoms with Crippen molar-refractivity contribution in [1.29, 1.82) is 0 Å². The van der Waals surface area contributed by atoms with E-state index in [0.717, 1.165) is 17.5 Å². The molecular formula is C26H26ClFN4O2. The largest absolute Gasteiger partial charge is 0.383 e. The van der Waals surface area contributed by atoms with Gasteiger partial charge in [-0.2, -0.15) is 0 Å². The lowest BCUT2D eigenvalue weighted by molar-refractivity contribution is -0.132. The van der Waals surface area contributed by atoms with Gasteiger partial charge in [-0.1, -0.05) is 29.8 Å². The molecule has 0 bridgehead atoms. The van der Waals surface area contributed by atoms with Crippen molar-refractivity contribution in [3.63, 3.8) is 0 Å². The zero-order valence-electron chi connectivity index (χ0n) is 19.0. The Kier molecular flexibility index (Phi) is 6.84. The third kappa shape index (κ3) is 5.04. The summed E-state index contributed by atoms with van der Waals surface area (Å²) in [5.74, 6) is -0.638. The van der Waals surface area contributed by atoms with Gasteiger partial charge in [0.2, 0.25) is 5.91 Å². The molecule has 1 aliphatic heterocycles. The predicted octanol–water partition coefficient (Wildman–Crippen LogP) is 4.95. The minimum Gasteiger partial charge on any atom is -0.383 e. The number of carbonyl (C=O) groups excluding carboxylic acids is 2. The molecule has 6 nitrogen and oxygen atoms in total. The minimum atomic E-state index is -0.652. The summed E-state index contributed by atoms with van der Waals surface area (Å²) in [7, 11) is 1.78. The molecule has 2 atom stereocenters. The highest BCUT2D eigenvalue weighted by Crippen LogP contribution is 2.32. The SMILES string of the molecule is CC(NC(=O)c1ccc(-c2cc(C3CCC(=O)N(C)C3)cnc2N)cc1F)c1cccc(Cl)c1. The molecule has 1 aromatic heterocycles. The summed E-state index contributed by atoms with van der Waals surface area (Å²) >= 11 is 6.02. The molecule has 2 heterocycles.